The summed E-state index contributed by atoms with van der Waals surface area (Å²) in [6.07, 6.45) is 1.61. The van der Waals surface area contributed by atoms with Gasteiger partial charge in [-0.25, -0.2) is 9.79 Å². The number of hydrogen-bond donors (Lipinski definition) is 0. The molecular formula is C35H33Cl3N2O7S. The van der Waals surface area contributed by atoms with Crippen molar-refractivity contribution in [3.8, 4) is 23.0 Å². The van der Waals surface area contributed by atoms with E-state index in [1.54, 1.807) is 68.5 Å². The lowest BCUT2D eigenvalue weighted by Gasteiger charge is -2.25. The molecule has 48 heavy (non-hydrogen) atoms. The van der Waals surface area contributed by atoms with Crippen LogP contribution in [0.3, 0.4) is 0 Å². The van der Waals surface area contributed by atoms with E-state index in [4.69, 9.17) is 58.5 Å². The number of nitrogens with zero attached hydrogens (tertiary/aromatic N) is 2. The molecule has 3 aromatic carbocycles. The van der Waals surface area contributed by atoms with Crippen molar-refractivity contribution in [2.75, 3.05) is 20.8 Å². The standard InChI is InChI=1S/C35H33Cl3N2O7S/c1-7-45-34(42)30-19(4)39-35-40(31(30)22-9-11-26(47-18(2)3)27(16-22)43-5)33(41)29(48-35)15-21-13-25(38)32(28(14-21)44-6)46-17-20-8-10-23(36)24(37)12-20/h8-16,18,31H,7,17H2,1-6H3/b29-15-/t31-/m0/s1. The van der Waals surface area contributed by atoms with Gasteiger partial charge in [0.05, 0.1) is 63.8 Å². The highest BCUT2D eigenvalue weighted by atomic mass is 35.5. The van der Waals surface area contributed by atoms with Crippen molar-refractivity contribution in [3.05, 3.63) is 111 Å². The number of methoxy groups -OCH3 is 2. The number of carbonyl (C=O) groups excluding carboxylic acids is 1. The summed E-state index contributed by atoms with van der Waals surface area (Å²) in [6.45, 7) is 7.61. The summed E-state index contributed by atoms with van der Waals surface area (Å²) in [5, 5.41) is 1.14. The average Bonchev–Trinajstić information content (AvgIpc) is 3.34. The lowest BCUT2D eigenvalue weighted by Crippen LogP contribution is -2.40. The maximum atomic E-state index is 14.2. The fourth-order valence-corrected chi connectivity index (χ4v) is 6.85. The molecule has 2 heterocycles. The van der Waals surface area contributed by atoms with Gasteiger partial charge in [-0.3, -0.25) is 9.36 Å². The molecule has 0 amide bonds. The Morgan fingerprint density at radius 2 is 1.73 bits per heavy atom. The second kappa shape index (κ2) is 15.1. The van der Waals surface area contributed by atoms with Crippen molar-refractivity contribution < 1.29 is 28.5 Å². The molecule has 0 saturated carbocycles. The quantitative estimate of drug-likeness (QED) is 0.151. The normalized spacial score (nSPS) is 14.5. The number of carbonyl (C=O) groups is 1. The Labute approximate surface area is 296 Å². The summed E-state index contributed by atoms with van der Waals surface area (Å²) in [4.78, 5) is 32.6. The first-order valence-corrected chi connectivity index (χ1v) is 16.9. The SMILES string of the molecule is CCOC(=O)C1=C(C)N=c2s/c(=C\c3cc(Cl)c(OCc4ccc(Cl)c(Cl)c4)c(OC)c3)c(=O)n2[C@H]1c1ccc(OC(C)C)c(OC)c1. The van der Waals surface area contributed by atoms with Crippen LogP contribution in [-0.4, -0.2) is 37.5 Å². The zero-order chi connectivity index (χ0) is 34.7. The maximum absolute atomic E-state index is 14.2. The van der Waals surface area contributed by atoms with Crippen LogP contribution in [0.1, 0.15) is 50.4 Å². The van der Waals surface area contributed by atoms with Crippen LogP contribution >= 0.6 is 46.1 Å². The first-order valence-electron chi connectivity index (χ1n) is 14.9. The fourth-order valence-electron chi connectivity index (χ4n) is 5.21. The van der Waals surface area contributed by atoms with Crippen LogP contribution in [0.15, 0.2) is 69.6 Å². The molecule has 0 saturated heterocycles. The molecule has 0 aliphatic carbocycles. The van der Waals surface area contributed by atoms with Gasteiger partial charge in [-0.1, -0.05) is 58.3 Å². The molecule has 1 aromatic heterocycles. The highest BCUT2D eigenvalue weighted by Gasteiger charge is 2.34. The Morgan fingerprint density at radius 3 is 2.40 bits per heavy atom. The summed E-state index contributed by atoms with van der Waals surface area (Å²) < 4.78 is 30.4. The molecule has 0 fully saturated rings. The van der Waals surface area contributed by atoms with Gasteiger partial charge in [-0.15, -0.1) is 0 Å². The number of thiazole rings is 1. The number of esters is 1. The first-order chi connectivity index (χ1) is 22.9. The van der Waals surface area contributed by atoms with Crippen molar-refractivity contribution >= 4 is 58.2 Å². The number of ether oxygens (including phenoxy) is 5. The predicted molar refractivity (Wildman–Crippen MR) is 188 cm³/mol. The highest BCUT2D eigenvalue weighted by molar-refractivity contribution is 7.07. The summed E-state index contributed by atoms with van der Waals surface area (Å²) in [7, 11) is 3.04. The third-order valence-corrected chi connectivity index (χ3v) is 9.30. The monoisotopic (exact) mass is 730 g/mol. The second-order valence-corrected chi connectivity index (χ2v) is 13.2. The average molecular weight is 732 g/mol. The largest absolute Gasteiger partial charge is 0.493 e. The minimum Gasteiger partial charge on any atom is -0.493 e. The molecule has 1 aliphatic rings. The van der Waals surface area contributed by atoms with E-state index in [9.17, 15) is 9.59 Å². The zero-order valence-corrected chi connectivity index (χ0v) is 30.1. The molecular weight excluding hydrogens is 699 g/mol. The van der Waals surface area contributed by atoms with E-state index in [-0.39, 0.29) is 35.5 Å². The third kappa shape index (κ3) is 7.37. The molecule has 0 unspecified atom stereocenters. The van der Waals surface area contributed by atoms with Crippen molar-refractivity contribution in [1.82, 2.24) is 4.57 Å². The number of allylic oxidation sites excluding steroid dienone is 1. The number of rotatable bonds is 11. The molecule has 1 atom stereocenters. The van der Waals surface area contributed by atoms with E-state index in [1.807, 2.05) is 13.8 Å². The van der Waals surface area contributed by atoms with Gasteiger partial charge >= 0.3 is 5.97 Å². The summed E-state index contributed by atoms with van der Waals surface area (Å²) in [5.74, 6) is 1.14. The van der Waals surface area contributed by atoms with Crippen molar-refractivity contribution in [2.24, 2.45) is 4.99 Å². The molecule has 9 nitrogen and oxygen atoms in total. The second-order valence-electron chi connectivity index (χ2n) is 11.0. The topological polar surface area (TPSA) is 97.6 Å². The molecule has 4 aromatic rings. The highest BCUT2D eigenvalue weighted by Crippen LogP contribution is 2.38. The van der Waals surface area contributed by atoms with Gasteiger partial charge in [0, 0.05) is 0 Å². The van der Waals surface area contributed by atoms with Crippen LogP contribution in [0.2, 0.25) is 15.1 Å². The number of fused-ring (bicyclic) bond motifs is 1. The van der Waals surface area contributed by atoms with Gasteiger partial charge in [0.25, 0.3) is 5.56 Å². The summed E-state index contributed by atoms with van der Waals surface area (Å²) in [6, 6.07) is 13.1. The van der Waals surface area contributed by atoms with Crippen LogP contribution in [0.5, 0.6) is 23.0 Å². The molecule has 252 valence electrons. The van der Waals surface area contributed by atoms with Gasteiger partial charge < -0.3 is 23.7 Å². The Kier molecular flexibility index (Phi) is 11.1. The fraction of sp³-hybridized carbons (Fsp3) is 0.286. The predicted octanol–water partition coefficient (Wildman–Crippen LogP) is 7.14. The maximum Gasteiger partial charge on any atom is 0.338 e. The molecule has 5 rings (SSSR count). The van der Waals surface area contributed by atoms with Crippen LogP contribution in [0.25, 0.3) is 6.08 Å². The van der Waals surface area contributed by atoms with Gasteiger partial charge in [0.15, 0.2) is 27.8 Å². The Hall–Kier alpha value is -3.96. The van der Waals surface area contributed by atoms with Crippen molar-refractivity contribution in [3.63, 3.8) is 0 Å². The lowest BCUT2D eigenvalue weighted by molar-refractivity contribution is -0.139. The molecule has 0 spiro atoms. The van der Waals surface area contributed by atoms with E-state index in [0.717, 1.165) is 5.56 Å². The van der Waals surface area contributed by atoms with E-state index in [2.05, 4.69) is 4.99 Å². The first kappa shape index (κ1) is 35.3. The van der Waals surface area contributed by atoms with Crippen LogP contribution < -0.4 is 33.8 Å². The summed E-state index contributed by atoms with van der Waals surface area (Å²) >= 11 is 20.0. The minimum absolute atomic E-state index is 0.0880. The number of aromatic nitrogens is 1. The number of hydrogen-bond acceptors (Lipinski definition) is 9. The van der Waals surface area contributed by atoms with Gasteiger partial charge in [0.1, 0.15) is 6.61 Å². The number of benzene rings is 3. The van der Waals surface area contributed by atoms with E-state index >= 15 is 0 Å². The van der Waals surface area contributed by atoms with Crippen LogP contribution in [0, 0.1) is 0 Å². The van der Waals surface area contributed by atoms with Gasteiger partial charge in [-0.05, 0) is 86.9 Å². The molecule has 13 heteroatoms. The van der Waals surface area contributed by atoms with E-state index in [1.165, 1.54) is 30.1 Å². The lowest BCUT2D eigenvalue weighted by atomic mass is 9.95. The van der Waals surface area contributed by atoms with E-state index < -0.39 is 12.0 Å². The van der Waals surface area contributed by atoms with Gasteiger partial charge in [0.2, 0.25) is 0 Å². The smallest absolute Gasteiger partial charge is 0.338 e. The van der Waals surface area contributed by atoms with E-state index in [0.29, 0.717) is 59.2 Å². The Morgan fingerprint density at radius 1 is 0.979 bits per heavy atom. The molecule has 0 bridgehead atoms. The van der Waals surface area contributed by atoms with Crippen molar-refractivity contribution in [1.29, 1.82) is 0 Å². The van der Waals surface area contributed by atoms with Crippen molar-refractivity contribution in [2.45, 2.75) is 46.4 Å². The number of halogens is 3. The van der Waals surface area contributed by atoms with Crippen LogP contribution in [0.4, 0.5) is 0 Å². The zero-order valence-electron chi connectivity index (χ0n) is 27.1. The molecule has 0 radical (unpaired) electrons. The van der Waals surface area contributed by atoms with Gasteiger partial charge in [-0.2, -0.15) is 0 Å². The Balaban J connectivity index is 1.58. The Bertz CT molecular complexity index is 2090. The third-order valence-electron chi connectivity index (χ3n) is 7.30. The van der Waals surface area contributed by atoms with Crippen LogP contribution in [-0.2, 0) is 16.1 Å². The summed E-state index contributed by atoms with van der Waals surface area (Å²) in [5.41, 5.74) is 2.36. The molecule has 0 N–H and O–H groups in total. The minimum atomic E-state index is -0.834. The molecule has 1 aliphatic heterocycles.